The molecule has 0 spiro atoms. The van der Waals surface area contributed by atoms with Crippen molar-refractivity contribution < 1.29 is 4.79 Å². The second-order valence-corrected chi connectivity index (χ2v) is 5.89. The summed E-state index contributed by atoms with van der Waals surface area (Å²) in [6.45, 7) is 9.08. The van der Waals surface area contributed by atoms with E-state index in [9.17, 15) is 4.79 Å². The molecule has 4 aliphatic rings. The lowest BCUT2D eigenvalue weighted by molar-refractivity contribution is -0.127. The number of ketones is 1. The average Bonchev–Trinajstić information content (AvgIpc) is 2.33. The highest BCUT2D eigenvalue weighted by molar-refractivity contribution is 5.98. The van der Waals surface area contributed by atoms with Crippen LogP contribution in [0.15, 0.2) is 0 Å². The molecule has 66 valence electrons. The zero-order valence-electron chi connectivity index (χ0n) is 8.27. The van der Waals surface area contributed by atoms with E-state index in [-0.39, 0.29) is 10.8 Å². The van der Waals surface area contributed by atoms with Gasteiger partial charge in [0.15, 0.2) is 0 Å². The van der Waals surface area contributed by atoms with E-state index in [2.05, 4.69) is 27.7 Å². The van der Waals surface area contributed by atoms with E-state index < -0.39 is 0 Å². The first-order chi connectivity index (χ1) is 5.37. The number of carbonyl (C=O) groups excluding carboxylic acids is 1. The average molecular weight is 164 g/mol. The Labute approximate surface area is 73.5 Å². The lowest BCUT2D eigenvalue weighted by atomic mass is 9.67. The molecule has 1 heteroatoms. The Balaban J connectivity index is 2.28. The van der Waals surface area contributed by atoms with Crippen molar-refractivity contribution in [3.63, 3.8) is 0 Å². The molecule has 0 saturated heterocycles. The van der Waals surface area contributed by atoms with Gasteiger partial charge in [0.05, 0.1) is 0 Å². The van der Waals surface area contributed by atoms with Gasteiger partial charge in [0.2, 0.25) is 0 Å². The first kappa shape index (κ1) is 7.11. The van der Waals surface area contributed by atoms with E-state index in [0.29, 0.717) is 17.1 Å². The molecule has 0 N–H and O–H groups in total. The maximum Gasteiger partial charge on any atom is 0.143 e. The fourth-order valence-electron chi connectivity index (χ4n) is 4.28. The van der Waals surface area contributed by atoms with Crippen molar-refractivity contribution in [1.29, 1.82) is 0 Å². The van der Waals surface area contributed by atoms with Gasteiger partial charge in [0.25, 0.3) is 0 Å². The third-order valence-corrected chi connectivity index (χ3v) is 5.89. The SMILES string of the molecule is CC12CC3C(C1=O)C3(C)C2(C)C. The number of rotatable bonds is 0. The summed E-state index contributed by atoms with van der Waals surface area (Å²) in [5, 5.41) is 0. The van der Waals surface area contributed by atoms with Crippen molar-refractivity contribution in [3.05, 3.63) is 0 Å². The van der Waals surface area contributed by atoms with Crippen molar-refractivity contribution in [2.45, 2.75) is 34.1 Å². The van der Waals surface area contributed by atoms with Gasteiger partial charge in [0.1, 0.15) is 5.78 Å². The zero-order chi connectivity index (χ0) is 8.94. The van der Waals surface area contributed by atoms with E-state index in [1.54, 1.807) is 0 Å². The lowest BCUT2D eigenvalue weighted by Crippen LogP contribution is -2.34. The number of hydrogen-bond acceptors (Lipinski definition) is 1. The van der Waals surface area contributed by atoms with Crippen LogP contribution in [0.5, 0.6) is 0 Å². The molecule has 4 saturated carbocycles. The molecular weight excluding hydrogens is 148 g/mol. The van der Waals surface area contributed by atoms with Crippen LogP contribution in [0.1, 0.15) is 34.1 Å². The summed E-state index contributed by atoms with van der Waals surface area (Å²) in [6, 6.07) is 0. The molecule has 0 aromatic carbocycles. The Bertz CT molecular complexity index is 304. The van der Waals surface area contributed by atoms with Crippen molar-refractivity contribution in [3.8, 4) is 0 Å². The van der Waals surface area contributed by atoms with Crippen molar-refractivity contribution in [2.24, 2.45) is 28.1 Å². The molecule has 12 heavy (non-hydrogen) atoms. The summed E-state index contributed by atoms with van der Waals surface area (Å²) in [5.41, 5.74) is 0.655. The van der Waals surface area contributed by atoms with Gasteiger partial charge >= 0.3 is 0 Å². The summed E-state index contributed by atoms with van der Waals surface area (Å²) in [7, 11) is 0. The summed E-state index contributed by atoms with van der Waals surface area (Å²) in [5.74, 6) is 1.75. The molecule has 0 amide bonds. The van der Waals surface area contributed by atoms with E-state index in [1.807, 2.05) is 0 Å². The normalized spacial score (nSPS) is 64.2. The number of hydrogen-bond donors (Lipinski definition) is 0. The Kier molecular flexibility index (Phi) is 0.772. The predicted octanol–water partition coefficient (Wildman–Crippen LogP) is 2.26. The third-order valence-electron chi connectivity index (χ3n) is 5.89. The van der Waals surface area contributed by atoms with Crippen LogP contribution < -0.4 is 0 Å². The van der Waals surface area contributed by atoms with Crippen LogP contribution in [-0.4, -0.2) is 5.78 Å². The van der Waals surface area contributed by atoms with Crippen molar-refractivity contribution in [1.82, 2.24) is 0 Å². The summed E-state index contributed by atoms with van der Waals surface area (Å²) in [4.78, 5) is 11.9. The molecule has 0 heterocycles. The van der Waals surface area contributed by atoms with Gasteiger partial charge in [-0.05, 0) is 23.2 Å². The minimum absolute atomic E-state index is 0.0249. The van der Waals surface area contributed by atoms with Gasteiger partial charge in [0, 0.05) is 11.3 Å². The van der Waals surface area contributed by atoms with Gasteiger partial charge in [-0.15, -0.1) is 0 Å². The molecule has 0 aromatic rings. The largest absolute Gasteiger partial charge is 0.299 e. The Morgan fingerprint density at radius 2 is 1.83 bits per heavy atom. The van der Waals surface area contributed by atoms with Crippen LogP contribution in [0, 0.1) is 28.1 Å². The predicted molar refractivity (Wildman–Crippen MR) is 46.6 cm³/mol. The van der Waals surface area contributed by atoms with Crippen molar-refractivity contribution in [2.75, 3.05) is 0 Å². The van der Waals surface area contributed by atoms with Crippen LogP contribution in [0.3, 0.4) is 0 Å². The minimum Gasteiger partial charge on any atom is -0.299 e. The van der Waals surface area contributed by atoms with Gasteiger partial charge in [-0.2, -0.15) is 0 Å². The standard InChI is InChI=1S/C11H16O/c1-9(2)10(3)5-6-7(8(10)12)11(6,9)4/h6-7H,5H2,1-4H3. The molecule has 4 fully saturated rings. The van der Waals surface area contributed by atoms with Crippen molar-refractivity contribution >= 4 is 5.78 Å². The minimum atomic E-state index is 0.0249. The quantitative estimate of drug-likeness (QED) is 0.536. The van der Waals surface area contributed by atoms with Gasteiger partial charge in [-0.25, -0.2) is 0 Å². The molecule has 4 rings (SSSR count). The molecule has 0 radical (unpaired) electrons. The molecular formula is C11H16O. The van der Waals surface area contributed by atoms with E-state index in [4.69, 9.17) is 0 Å². The van der Waals surface area contributed by atoms with Crippen LogP contribution >= 0.6 is 0 Å². The van der Waals surface area contributed by atoms with E-state index >= 15 is 0 Å². The number of carbonyl (C=O) groups is 1. The molecule has 4 atom stereocenters. The highest BCUT2D eigenvalue weighted by Gasteiger charge is 2.88. The van der Waals surface area contributed by atoms with Crippen LogP contribution in [0.25, 0.3) is 0 Å². The van der Waals surface area contributed by atoms with E-state index in [1.165, 1.54) is 6.42 Å². The fraction of sp³-hybridized carbons (Fsp3) is 0.909. The Hall–Kier alpha value is -0.330. The van der Waals surface area contributed by atoms with Gasteiger partial charge in [-0.1, -0.05) is 27.7 Å². The van der Waals surface area contributed by atoms with Gasteiger partial charge < -0.3 is 0 Å². The first-order valence-corrected chi connectivity index (χ1v) is 4.92. The monoisotopic (exact) mass is 164 g/mol. The van der Waals surface area contributed by atoms with Crippen LogP contribution in [-0.2, 0) is 4.79 Å². The fourth-order valence-corrected chi connectivity index (χ4v) is 4.28. The molecule has 0 aromatic heterocycles. The maximum atomic E-state index is 11.9. The lowest BCUT2D eigenvalue weighted by Gasteiger charge is -2.35. The highest BCUT2D eigenvalue weighted by atomic mass is 16.1. The second kappa shape index (κ2) is 1.30. The Morgan fingerprint density at radius 3 is 1.92 bits per heavy atom. The number of Topliss-reactive ketones (excluding diaryl/α,β-unsaturated/α-hetero) is 1. The highest BCUT2D eigenvalue weighted by Crippen LogP contribution is 2.88. The molecule has 4 bridgehead atoms. The van der Waals surface area contributed by atoms with Crippen LogP contribution in [0.4, 0.5) is 0 Å². The summed E-state index contributed by atoms with van der Waals surface area (Å²) >= 11 is 0. The third kappa shape index (κ3) is 0.334. The Morgan fingerprint density at radius 1 is 1.25 bits per heavy atom. The molecule has 1 nitrogen and oxygen atoms in total. The van der Waals surface area contributed by atoms with Gasteiger partial charge in [-0.3, -0.25) is 4.79 Å². The first-order valence-electron chi connectivity index (χ1n) is 4.92. The molecule has 0 aliphatic heterocycles. The molecule has 4 unspecified atom stereocenters. The van der Waals surface area contributed by atoms with E-state index in [0.717, 1.165) is 5.92 Å². The second-order valence-electron chi connectivity index (χ2n) is 5.89. The summed E-state index contributed by atoms with van der Waals surface area (Å²) < 4.78 is 0. The van der Waals surface area contributed by atoms with Crippen LogP contribution in [0.2, 0.25) is 0 Å². The molecule has 4 aliphatic carbocycles. The topological polar surface area (TPSA) is 17.1 Å². The summed E-state index contributed by atoms with van der Waals surface area (Å²) in [6.07, 6.45) is 1.17. The maximum absolute atomic E-state index is 11.9. The smallest absolute Gasteiger partial charge is 0.143 e. The zero-order valence-corrected chi connectivity index (χ0v) is 8.27.